The molecule has 2 atom stereocenters. The molecule has 1 aromatic carbocycles. The fourth-order valence-electron chi connectivity index (χ4n) is 2.40. The summed E-state index contributed by atoms with van der Waals surface area (Å²) in [6.07, 6.45) is -0.180. The van der Waals surface area contributed by atoms with Crippen LogP contribution in [0.3, 0.4) is 0 Å². The van der Waals surface area contributed by atoms with E-state index in [1.54, 1.807) is 13.0 Å². The van der Waals surface area contributed by atoms with E-state index in [2.05, 4.69) is 4.90 Å². The van der Waals surface area contributed by atoms with Gasteiger partial charge in [0.05, 0.1) is 23.7 Å². The van der Waals surface area contributed by atoms with Crippen LogP contribution in [0.25, 0.3) is 0 Å². The lowest BCUT2D eigenvalue weighted by molar-refractivity contribution is -0.385. The van der Waals surface area contributed by atoms with Crippen molar-refractivity contribution < 1.29 is 14.8 Å². The average molecular weight is 266 g/mol. The monoisotopic (exact) mass is 266 g/mol. The molecule has 2 unspecified atom stereocenters. The molecule has 0 aliphatic carbocycles. The second kappa shape index (κ2) is 5.54. The highest BCUT2D eigenvalue weighted by molar-refractivity contribution is 5.55. The summed E-state index contributed by atoms with van der Waals surface area (Å²) in [6.45, 7) is 4.97. The summed E-state index contributed by atoms with van der Waals surface area (Å²) >= 11 is 0. The van der Waals surface area contributed by atoms with E-state index in [1.165, 1.54) is 6.07 Å². The standard InChI is InChI=1S/C13H18N2O4/c1-9-5-11(3-4-13(9)15(17)18)14-6-10(2)19-12(7-14)8-16/h3-5,10,12,16H,6-8H2,1-2H3. The van der Waals surface area contributed by atoms with E-state index in [0.29, 0.717) is 18.7 Å². The zero-order valence-corrected chi connectivity index (χ0v) is 11.1. The minimum atomic E-state index is -0.377. The molecule has 104 valence electrons. The second-order valence-corrected chi connectivity index (χ2v) is 4.88. The fourth-order valence-corrected chi connectivity index (χ4v) is 2.40. The SMILES string of the molecule is Cc1cc(N2CC(C)OC(CO)C2)ccc1[N+](=O)[O-]. The molecule has 1 heterocycles. The van der Waals surface area contributed by atoms with Crippen molar-refractivity contribution >= 4 is 11.4 Å². The molecular weight excluding hydrogens is 248 g/mol. The first-order valence-corrected chi connectivity index (χ1v) is 6.27. The van der Waals surface area contributed by atoms with E-state index in [1.807, 2.05) is 13.0 Å². The lowest BCUT2D eigenvalue weighted by Gasteiger charge is -2.37. The lowest BCUT2D eigenvalue weighted by atomic mass is 10.1. The Morgan fingerprint density at radius 1 is 1.53 bits per heavy atom. The van der Waals surface area contributed by atoms with Crippen molar-refractivity contribution in [1.29, 1.82) is 0 Å². The first-order valence-electron chi connectivity index (χ1n) is 6.27. The Kier molecular flexibility index (Phi) is 4.01. The van der Waals surface area contributed by atoms with Crippen molar-refractivity contribution in [3.63, 3.8) is 0 Å². The molecule has 0 saturated carbocycles. The molecule has 0 aromatic heterocycles. The van der Waals surface area contributed by atoms with E-state index in [-0.39, 0.29) is 29.4 Å². The first kappa shape index (κ1) is 13.8. The number of ether oxygens (including phenoxy) is 1. The van der Waals surface area contributed by atoms with Crippen LogP contribution in [0, 0.1) is 17.0 Å². The molecule has 1 N–H and O–H groups in total. The van der Waals surface area contributed by atoms with Gasteiger partial charge in [0.1, 0.15) is 0 Å². The largest absolute Gasteiger partial charge is 0.394 e. The summed E-state index contributed by atoms with van der Waals surface area (Å²) in [5.41, 5.74) is 1.70. The van der Waals surface area contributed by atoms with Gasteiger partial charge in [-0.25, -0.2) is 0 Å². The smallest absolute Gasteiger partial charge is 0.272 e. The summed E-state index contributed by atoms with van der Waals surface area (Å²) in [5.74, 6) is 0. The van der Waals surface area contributed by atoms with Gasteiger partial charge in [0.15, 0.2) is 0 Å². The molecule has 0 amide bonds. The van der Waals surface area contributed by atoms with Crippen molar-refractivity contribution in [3.05, 3.63) is 33.9 Å². The minimum Gasteiger partial charge on any atom is -0.394 e. The summed E-state index contributed by atoms with van der Waals surface area (Å²) in [4.78, 5) is 12.5. The third-order valence-corrected chi connectivity index (χ3v) is 3.27. The molecule has 0 spiro atoms. The van der Waals surface area contributed by atoms with Gasteiger partial charge in [0.2, 0.25) is 0 Å². The molecule has 19 heavy (non-hydrogen) atoms. The number of nitrogens with zero attached hydrogens (tertiary/aromatic N) is 2. The number of nitro benzene ring substituents is 1. The second-order valence-electron chi connectivity index (χ2n) is 4.88. The Balaban J connectivity index is 2.21. The highest BCUT2D eigenvalue weighted by Crippen LogP contribution is 2.26. The van der Waals surface area contributed by atoms with E-state index in [4.69, 9.17) is 4.74 Å². The maximum absolute atomic E-state index is 10.8. The van der Waals surface area contributed by atoms with Crippen LogP contribution in [0.15, 0.2) is 18.2 Å². The number of hydrogen-bond acceptors (Lipinski definition) is 5. The topological polar surface area (TPSA) is 75.8 Å². The highest BCUT2D eigenvalue weighted by Gasteiger charge is 2.25. The molecule has 0 radical (unpaired) electrons. The number of aryl methyl sites for hydroxylation is 1. The number of benzene rings is 1. The summed E-state index contributed by atoms with van der Waals surface area (Å²) in [6, 6.07) is 5.08. The zero-order valence-electron chi connectivity index (χ0n) is 11.1. The Morgan fingerprint density at radius 3 is 2.84 bits per heavy atom. The van der Waals surface area contributed by atoms with E-state index in [9.17, 15) is 15.2 Å². The van der Waals surface area contributed by atoms with Gasteiger partial charge >= 0.3 is 0 Å². The average Bonchev–Trinajstić information content (AvgIpc) is 2.37. The third-order valence-electron chi connectivity index (χ3n) is 3.27. The van der Waals surface area contributed by atoms with Gasteiger partial charge in [-0.15, -0.1) is 0 Å². The van der Waals surface area contributed by atoms with Crippen molar-refractivity contribution in [2.75, 3.05) is 24.6 Å². The van der Waals surface area contributed by atoms with Crippen LogP contribution in [-0.4, -0.2) is 41.9 Å². The predicted octanol–water partition coefficient (Wildman–Crippen LogP) is 1.49. The van der Waals surface area contributed by atoms with Gasteiger partial charge < -0.3 is 14.7 Å². The van der Waals surface area contributed by atoms with Crippen LogP contribution in [0.4, 0.5) is 11.4 Å². The number of rotatable bonds is 3. The summed E-state index contributed by atoms with van der Waals surface area (Å²) in [7, 11) is 0. The fraction of sp³-hybridized carbons (Fsp3) is 0.538. The molecule has 1 saturated heterocycles. The summed E-state index contributed by atoms with van der Waals surface area (Å²) < 4.78 is 5.58. The number of nitro groups is 1. The van der Waals surface area contributed by atoms with Crippen LogP contribution in [0.1, 0.15) is 12.5 Å². The van der Waals surface area contributed by atoms with Gasteiger partial charge in [0.25, 0.3) is 5.69 Å². The van der Waals surface area contributed by atoms with Crippen molar-refractivity contribution in [2.45, 2.75) is 26.1 Å². The highest BCUT2D eigenvalue weighted by atomic mass is 16.6. The van der Waals surface area contributed by atoms with Gasteiger partial charge in [0, 0.05) is 30.4 Å². The van der Waals surface area contributed by atoms with Crippen molar-refractivity contribution in [1.82, 2.24) is 0 Å². The van der Waals surface area contributed by atoms with Crippen LogP contribution in [0.2, 0.25) is 0 Å². The van der Waals surface area contributed by atoms with Crippen LogP contribution in [-0.2, 0) is 4.74 Å². The Morgan fingerprint density at radius 2 is 2.26 bits per heavy atom. The van der Waals surface area contributed by atoms with Gasteiger partial charge in [-0.05, 0) is 26.0 Å². The maximum atomic E-state index is 10.8. The van der Waals surface area contributed by atoms with E-state index in [0.717, 1.165) is 5.69 Å². The minimum absolute atomic E-state index is 0.0210. The Bertz CT molecular complexity index is 478. The predicted molar refractivity (Wildman–Crippen MR) is 71.5 cm³/mol. The quantitative estimate of drug-likeness (QED) is 0.662. The van der Waals surface area contributed by atoms with Gasteiger partial charge in [-0.2, -0.15) is 0 Å². The number of anilines is 1. The van der Waals surface area contributed by atoms with Crippen LogP contribution < -0.4 is 4.90 Å². The van der Waals surface area contributed by atoms with Crippen LogP contribution >= 0.6 is 0 Å². The van der Waals surface area contributed by atoms with Crippen molar-refractivity contribution in [3.8, 4) is 0 Å². The Hall–Kier alpha value is -1.66. The van der Waals surface area contributed by atoms with E-state index < -0.39 is 0 Å². The van der Waals surface area contributed by atoms with Gasteiger partial charge in [-0.3, -0.25) is 10.1 Å². The molecule has 1 aromatic rings. The summed E-state index contributed by atoms with van der Waals surface area (Å²) in [5, 5.41) is 20.0. The lowest BCUT2D eigenvalue weighted by Crippen LogP contribution is -2.48. The Labute approximate surface area is 111 Å². The molecule has 2 rings (SSSR count). The molecule has 0 bridgehead atoms. The number of hydrogen-bond donors (Lipinski definition) is 1. The van der Waals surface area contributed by atoms with Crippen LogP contribution in [0.5, 0.6) is 0 Å². The molecule has 1 aliphatic heterocycles. The third kappa shape index (κ3) is 3.02. The maximum Gasteiger partial charge on any atom is 0.272 e. The zero-order chi connectivity index (χ0) is 14.0. The van der Waals surface area contributed by atoms with Crippen molar-refractivity contribution in [2.24, 2.45) is 0 Å². The molecule has 1 aliphatic rings. The van der Waals surface area contributed by atoms with E-state index >= 15 is 0 Å². The first-order chi connectivity index (χ1) is 9.01. The molecule has 6 nitrogen and oxygen atoms in total. The number of morpholine rings is 1. The molecular formula is C13H18N2O4. The normalized spacial score (nSPS) is 23.4. The van der Waals surface area contributed by atoms with Gasteiger partial charge in [-0.1, -0.05) is 0 Å². The number of aliphatic hydroxyl groups is 1. The number of aliphatic hydroxyl groups excluding tert-OH is 1. The molecule has 6 heteroatoms. The molecule has 1 fully saturated rings.